The molecule has 1 fully saturated rings. The number of methoxy groups -OCH3 is 1. The van der Waals surface area contributed by atoms with Crippen molar-refractivity contribution in [3.05, 3.63) is 75.8 Å². The summed E-state index contributed by atoms with van der Waals surface area (Å²) in [6.07, 6.45) is 5.48. The summed E-state index contributed by atoms with van der Waals surface area (Å²) in [5, 5.41) is 0.699. The Morgan fingerprint density at radius 3 is 1.83 bits per heavy atom. The van der Waals surface area contributed by atoms with E-state index in [1.807, 2.05) is 60.7 Å². The fourth-order valence-corrected chi connectivity index (χ4v) is 2.77. The van der Waals surface area contributed by atoms with Crippen LogP contribution in [0.2, 0.25) is 5.02 Å². The molecular formula is C20H17ClO2. The molecule has 0 spiro atoms. The lowest BCUT2D eigenvalue weighted by Crippen LogP contribution is -1.95. The van der Waals surface area contributed by atoms with E-state index in [4.69, 9.17) is 16.3 Å². The van der Waals surface area contributed by atoms with Crippen molar-refractivity contribution in [3.63, 3.8) is 0 Å². The van der Waals surface area contributed by atoms with Gasteiger partial charge >= 0.3 is 0 Å². The number of halogens is 1. The van der Waals surface area contributed by atoms with Crippen LogP contribution in [-0.2, 0) is 4.79 Å². The fourth-order valence-electron chi connectivity index (χ4n) is 2.64. The van der Waals surface area contributed by atoms with Crippen LogP contribution in [0.3, 0.4) is 0 Å². The van der Waals surface area contributed by atoms with Gasteiger partial charge in [-0.15, -0.1) is 0 Å². The van der Waals surface area contributed by atoms with Crippen LogP contribution in [0.5, 0.6) is 5.75 Å². The average molecular weight is 325 g/mol. The lowest BCUT2D eigenvalue weighted by atomic mass is 10.1. The molecule has 2 aromatic carbocycles. The number of Topliss-reactive ketones (excluding diaryl/α,β-unsaturated/α-hetero) is 1. The first-order valence-corrected chi connectivity index (χ1v) is 7.89. The zero-order chi connectivity index (χ0) is 16.2. The van der Waals surface area contributed by atoms with Crippen molar-refractivity contribution in [2.24, 2.45) is 0 Å². The second kappa shape index (κ2) is 6.84. The number of hydrogen-bond acceptors (Lipinski definition) is 2. The Morgan fingerprint density at radius 2 is 1.35 bits per heavy atom. The molecule has 1 saturated carbocycles. The number of carbonyl (C=O) groups excluding carboxylic acids is 1. The molecule has 1 aliphatic carbocycles. The van der Waals surface area contributed by atoms with E-state index >= 15 is 0 Å². The molecule has 0 amide bonds. The molecule has 0 heterocycles. The van der Waals surface area contributed by atoms with Crippen LogP contribution in [0, 0.1) is 0 Å². The van der Waals surface area contributed by atoms with Gasteiger partial charge < -0.3 is 4.74 Å². The molecule has 0 N–H and O–H groups in total. The quantitative estimate of drug-likeness (QED) is 0.727. The van der Waals surface area contributed by atoms with Gasteiger partial charge in [-0.3, -0.25) is 4.79 Å². The predicted molar refractivity (Wildman–Crippen MR) is 94.6 cm³/mol. The zero-order valence-electron chi connectivity index (χ0n) is 12.9. The van der Waals surface area contributed by atoms with Crippen LogP contribution in [0.1, 0.15) is 24.0 Å². The Kier molecular flexibility index (Phi) is 4.63. The first kappa shape index (κ1) is 15.6. The van der Waals surface area contributed by atoms with Crippen molar-refractivity contribution in [1.29, 1.82) is 0 Å². The standard InChI is InChI=1S/C20H17ClO2/c1-23-19-10-4-15(5-11-19)13-17-7-6-16(20(17)22)12-14-2-8-18(21)9-3-14/h2-5,8-13H,6-7H2,1H3/b16-12+,17-13+. The summed E-state index contributed by atoms with van der Waals surface area (Å²) in [5.74, 6) is 0.948. The molecule has 0 saturated heterocycles. The third kappa shape index (κ3) is 3.72. The smallest absolute Gasteiger partial charge is 0.185 e. The highest BCUT2D eigenvalue weighted by atomic mass is 35.5. The molecule has 2 aromatic rings. The van der Waals surface area contributed by atoms with Gasteiger partial charge in [0.05, 0.1) is 7.11 Å². The number of carbonyl (C=O) groups is 1. The highest BCUT2D eigenvalue weighted by Gasteiger charge is 2.22. The number of ketones is 1. The van der Waals surface area contributed by atoms with Crippen molar-refractivity contribution >= 4 is 29.5 Å². The van der Waals surface area contributed by atoms with E-state index in [0.717, 1.165) is 40.9 Å². The molecule has 0 aliphatic heterocycles. The maximum Gasteiger partial charge on any atom is 0.185 e. The SMILES string of the molecule is COc1ccc(/C=C2\CC/C(=C\c3ccc(Cl)cc3)C2=O)cc1. The van der Waals surface area contributed by atoms with Crippen molar-refractivity contribution in [2.75, 3.05) is 7.11 Å². The van der Waals surface area contributed by atoms with Gasteiger partial charge in [-0.25, -0.2) is 0 Å². The summed E-state index contributed by atoms with van der Waals surface area (Å²) in [5.41, 5.74) is 3.73. The minimum atomic E-state index is 0.135. The summed E-state index contributed by atoms with van der Waals surface area (Å²) in [6.45, 7) is 0. The van der Waals surface area contributed by atoms with Gasteiger partial charge in [-0.05, 0) is 60.4 Å². The van der Waals surface area contributed by atoms with E-state index in [1.54, 1.807) is 7.11 Å². The molecule has 3 rings (SSSR count). The molecular weight excluding hydrogens is 308 g/mol. The average Bonchev–Trinajstić information content (AvgIpc) is 2.91. The number of hydrogen-bond donors (Lipinski definition) is 0. The first-order chi connectivity index (χ1) is 11.2. The first-order valence-electron chi connectivity index (χ1n) is 7.51. The normalized spacial score (nSPS) is 17.9. The maximum absolute atomic E-state index is 12.5. The number of rotatable bonds is 3. The van der Waals surface area contributed by atoms with Crippen LogP contribution < -0.4 is 4.74 Å². The van der Waals surface area contributed by atoms with E-state index in [-0.39, 0.29) is 5.78 Å². The van der Waals surface area contributed by atoms with Gasteiger partial charge in [-0.2, -0.15) is 0 Å². The third-order valence-corrected chi connectivity index (χ3v) is 4.17. The molecule has 0 atom stereocenters. The van der Waals surface area contributed by atoms with E-state index in [0.29, 0.717) is 5.02 Å². The van der Waals surface area contributed by atoms with E-state index in [1.165, 1.54) is 0 Å². The largest absolute Gasteiger partial charge is 0.497 e. The Morgan fingerprint density at radius 1 is 0.870 bits per heavy atom. The molecule has 0 unspecified atom stereocenters. The van der Waals surface area contributed by atoms with Crippen LogP contribution in [0.15, 0.2) is 59.7 Å². The maximum atomic E-state index is 12.5. The molecule has 2 nitrogen and oxygen atoms in total. The van der Waals surface area contributed by atoms with E-state index in [2.05, 4.69) is 0 Å². The second-order valence-corrected chi connectivity index (χ2v) is 5.93. The lowest BCUT2D eigenvalue weighted by molar-refractivity contribution is -0.111. The Balaban J connectivity index is 1.80. The molecule has 1 aliphatic rings. The van der Waals surface area contributed by atoms with Gasteiger partial charge in [0.15, 0.2) is 5.78 Å². The molecule has 0 radical (unpaired) electrons. The number of benzene rings is 2. The summed E-state index contributed by atoms with van der Waals surface area (Å²) >= 11 is 5.89. The molecule has 0 bridgehead atoms. The Hall–Kier alpha value is -2.32. The molecule has 116 valence electrons. The van der Waals surface area contributed by atoms with Gasteiger partial charge in [0.25, 0.3) is 0 Å². The van der Waals surface area contributed by atoms with Gasteiger partial charge in [0, 0.05) is 16.2 Å². The van der Waals surface area contributed by atoms with Crippen molar-refractivity contribution in [3.8, 4) is 5.75 Å². The van der Waals surface area contributed by atoms with Crippen LogP contribution in [0.25, 0.3) is 12.2 Å². The summed E-state index contributed by atoms with van der Waals surface area (Å²) in [4.78, 5) is 12.5. The second-order valence-electron chi connectivity index (χ2n) is 5.49. The topological polar surface area (TPSA) is 26.3 Å². The summed E-state index contributed by atoms with van der Waals surface area (Å²) in [6, 6.07) is 15.2. The Bertz CT molecular complexity index is 768. The van der Waals surface area contributed by atoms with Crippen molar-refractivity contribution < 1.29 is 9.53 Å². The number of allylic oxidation sites excluding steroid dienone is 2. The van der Waals surface area contributed by atoms with Crippen molar-refractivity contribution in [1.82, 2.24) is 0 Å². The van der Waals surface area contributed by atoms with Gasteiger partial charge in [0.1, 0.15) is 5.75 Å². The van der Waals surface area contributed by atoms with E-state index in [9.17, 15) is 4.79 Å². The van der Waals surface area contributed by atoms with Gasteiger partial charge in [0.2, 0.25) is 0 Å². The van der Waals surface area contributed by atoms with Crippen LogP contribution in [0.4, 0.5) is 0 Å². The van der Waals surface area contributed by atoms with Gasteiger partial charge in [-0.1, -0.05) is 35.9 Å². The fraction of sp³-hybridized carbons (Fsp3) is 0.150. The highest BCUT2D eigenvalue weighted by Crippen LogP contribution is 2.30. The zero-order valence-corrected chi connectivity index (χ0v) is 13.6. The Labute approximate surface area is 141 Å². The van der Waals surface area contributed by atoms with Crippen LogP contribution in [-0.4, -0.2) is 12.9 Å². The predicted octanol–water partition coefficient (Wildman–Crippen LogP) is 5.18. The monoisotopic (exact) mass is 324 g/mol. The summed E-state index contributed by atoms with van der Waals surface area (Å²) < 4.78 is 5.15. The van der Waals surface area contributed by atoms with Crippen LogP contribution >= 0.6 is 11.6 Å². The summed E-state index contributed by atoms with van der Waals surface area (Å²) in [7, 11) is 1.64. The molecule has 3 heteroatoms. The highest BCUT2D eigenvalue weighted by molar-refractivity contribution is 6.30. The molecule has 0 aromatic heterocycles. The van der Waals surface area contributed by atoms with E-state index < -0.39 is 0 Å². The lowest BCUT2D eigenvalue weighted by Gasteiger charge is -2.00. The van der Waals surface area contributed by atoms with Crippen molar-refractivity contribution in [2.45, 2.75) is 12.8 Å². The number of ether oxygens (including phenoxy) is 1. The third-order valence-electron chi connectivity index (χ3n) is 3.91. The minimum absolute atomic E-state index is 0.135. The molecule has 23 heavy (non-hydrogen) atoms. The minimum Gasteiger partial charge on any atom is -0.497 e.